The highest BCUT2D eigenvalue weighted by molar-refractivity contribution is 9.10. The van der Waals surface area contributed by atoms with Gasteiger partial charge >= 0.3 is 0 Å². The van der Waals surface area contributed by atoms with Crippen LogP contribution in [0, 0.1) is 15.5 Å². The van der Waals surface area contributed by atoms with Crippen molar-refractivity contribution in [3.63, 3.8) is 0 Å². The van der Waals surface area contributed by atoms with Crippen molar-refractivity contribution in [3.05, 3.63) is 38.3 Å². The molecule has 3 N–H and O–H groups in total. The molecule has 0 aliphatic carbocycles. The number of nitro groups is 1. The molecular weight excluding hydrogens is 326 g/mol. The van der Waals surface area contributed by atoms with Crippen molar-refractivity contribution in [1.29, 1.82) is 0 Å². The Labute approximate surface area is 126 Å². The van der Waals surface area contributed by atoms with Gasteiger partial charge in [-0.2, -0.15) is 0 Å². The van der Waals surface area contributed by atoms with Crippen LogP contribution in [0.3, 0.4) is 0 Å². The third-order valence-corrected chi connectivity index (χ3v) is 3.54. The van der Waals surface area contributed by atoms with Gasteiger partial charge in [-0.15, -0.1) is 0 Å². The minimum absolute atomic E-state index is 0.00400. The molecule has 0 saturated carbocycles. The number of amides is 1. The smallest absolute Gasteiger partial charge is 0.283 e. The zero-order valence-electron chi connectivity index (χ0n) is 11.6. The quantitative estimate of drug-likeness (QED) is 0.633. The van der Waals surface area contributed by atoms with Crippen molar-refractivity contribution in [1.82, 2.24) is 5.32 Å². The molecule has 0 aromatic heterocycles. The molecule has 1 amide bonds. The summed E-state index contributed by atoms with van der Waals surface area (Å²) in [5.74, 6) is -0.441. The molecule has 0 heterocycles. The van der Waals surface area contributed by atoms with E-state index in [9.17, 15) is 14.9 Å². The number of nitrogens with one attached hydrogen (secondary N) is 1. The zero-order chi connectivity index (χ0) is 15.5. The average molecular weight is 344 g/mol. The number of carbonyl (C=O) groups is 1. The average Bonchev–Trinajstić information content (AvgIpc) is 2.28. The second-order valence-corrected chi connectivity index (χ2v) is 6.48. The molecule has 1 aromatic carbocycles. The fourth-order valence-electron chi connectivity index (χ4n) is 1.86. The highest BCUT2D eigenvalue weighted by Crippen LogP contribution is 2.26. The number of hydrogen-bond acceptors (Lipinski definition) is 4. The predicted octanol–water partition coefficient (Wildman–Crippen LogP) is 2.35. The van der Waals surface area contributed by atoms with Crippen LogP contribution in [-0.2, 0) is 11.3 Å². The van der Waals surface area contributed by atoms with Gasteiger partial charge in [-0.25, -0.2) is 0 Å². The summed E-state index contributed by atoms with van der Waals surface area (Å²) in [4.78, 5) is 21.8. The first-order valence-corrected chi connectivity index (χ1v) is 6.87. The molecule has 0 aliphatic heterocycles. The molecule has 6 nitrogen and oxygen atoms in total. The number of halogens is 1. The van der Waals surface area contributed by atoms with Crippen LogP contribution in [-0.4, -0.2) is 16.9 Å². The standard InChI is InChI=1S/C13H18BrN3O3/c1-13(2,3)11(12(15)18)16-7-8-4-5-9(14)10(6-8)17(19)20/h4-6,11,16H,7H2,1-3H3,(H2,15,18)/t11-/m1/s1. The summed E-state index contributed by atoms with van der Waals surface area (Å²) in [7, 11) is 0. The maximum absolute atomic E-state index is 11.4. The monoisotopic (exact) mass is 343 g/mol. The van der Waals surface area contributed by atoms with Gasteiger partial charge in [0.1, 0.15) is 0 Å². The molecule has 1 atom stereocenters. The second kappa shape index (κ2) is 6.32. The molecule has 0 radical (unpaired) electrons. The van der Waals surface area contributed by atoms with E-state index in [1.807, 2.05) is 20.8 Å². The normalized spacial score (nSPS) is 13.0. The molecule has 0 spiro atoms. The Bertz CT molecular complexity index is 526. The van der Waals surface area contributed by atoms with Crippen LogP contribution >= 0.6 is 15.9 Å². The number of carbonyl (C=O) groups excluding carboxylic acids is 1. The first kappa shape index (κ1) is 16.6. The lowest BCUT2D eigenvalue weighted by Gasteiger charge is -2.28. The van der Waals surface area contributed by atoms with Crippen molar-refractivity contribution >= 4 is 27.5 Å². The van der Waals surface area contributed by atoms with Gasteiger partial charge in [0.05, 0.1) is 15.4 Å². The molecule has 0 saturated heterocycles. The Morgan fingerprint density at radius 2 is 2.10 bits per heavy atom. The third-order valence-electron chi connectivity index (χ3n) is 2.87. The number of primary amides is 1. The Morgan fingerprint density at radius 3 is 2.55 bits per heavy atom. The molecule has 7 heteroatoms. The van der Waals surface area contributed by atoms with E-state index in [1.165, 1.54) is 6.07 Å². The van der Waals surface area contributed by atoms with Crippen LogP contribution in [0.1, 0.15) is 26.3 Å². The highest BCUT2D eigenvalue weighted by atomic mass is 79.9. The van der Waals surface area contributed by atoms with Crippen LogP contribution in [0.25, 0.3) is 0 Å². The molecule has 110 valence electrons. The molecule has 0 unspecified atom stereocenters. The molecule has 0 fully saturated rings. The number of nitrogens with two attached hydrogens (primary N) is 1. The van der Waals surface area contributed by atoms with Gasteiger partial charge in [0.15, 0.2) is 0 Å². The molecule has 0 bridgehead atoms. The number of nitro benzene ring substituents is 1. The summed E-state index contributed by atoms with van der Waals surface area (Å²) in [5.41, 5.74) is 5.76. The van der Waals surface area contributed by atoms with Gasteiger partial charge in [-0.05, 0) is 33.0 Å². The maximum Gasteiger partial charge on any atom is 0.283 e. The number of benzene rings is 1. The van der Waals surface area contributed by atoms with Gasteiger partial charge in [0.2, 0.25) is 5.91 Å². The van der Waals surface area contributed by atoms with Crippen molar-refractivity contribution < 1.29 is 9.72 Å². The van der Waals surface area contributed by atoms with Crippen LogP contribution in [0.5, 0.6) is 0 Å². The number of nitrogens with zero attached hydrogens (tertiary/aromatic N) is 1. The Hall–Kier alpha value is -1.47. The lowest BCUT2D eigenvalue weighted by atomic mass is 9.86. The highest BCUT2D eigenvalue weighted by Gasteiger charge is 2.29. The fraction of sp³-hybridized carbons (Fsp3) is 0.462. The van der Waals surface area contributed by atoms with Crippen molar-refractivity contribution in [2.24, 2.45) is 11.1 Å². The van der Waals surface area contributed by atoms with E-state index >= 15 is 0 Å². The van der Waals surface area contributed by atoms with Crippen LogP contribution in [0.4, 0.5) is 5.69 Å². The molecule has 1 rings (SSSR count). The van der Waals surface area contributed by atoms with Crippen molar-refractivity contribution in [3.8, 4) is 0 Å². The first-order chi connectivity index (χ1) is 9.12. The number of rotatable bonds is 5. The van der Waals surface area contributed by atoms with Crippen LogP contribution in [0.15, 0.2) is 22.7 Å². The van der Waals surface area contributed by atoms with Gasteiger partial charge in [0.25, 0.3) is 5.69 Å². The number of hydrogen-bond donors (Lipinski definition) is 2. The fourth-order valence-corrected chi connectivity index (χ4v) is 2.25. The Balaban J connectivity index is 2.87. The van der Waals surface area contributed by atoms with E-state index in [-0.39, 0.29) is 11.1 Å². The van der Waals surface area contributed by atoms with Gasteiger partial charge in [-0.3, -0.25) is 14.9 Å². The van der Waals surface area contributed by atoms with E-state index in [1.54, 1.807) is 12.1 Å². The van der Waals surface area contributed by atoms with E-state index in [4.69, 9.17) is 5.73 Å². The molecule has 0 aliphatic rings. The molecular formula is C13H18BrN3O3. The van der Waals surface area contributed by atoms with E-state index < -0.39 is 16.9 Å². The Kier molecular flexibility index (Phi) is 5.24. The minimum Gasteiger partial charge on any atom is -0.368 e. The van der Waals surface area contributed by atoms with Crippen LogP contribution < -0.4 is 11.1 Å². The lowest BCUT2D eigenvalue weighted by Crippen LogP contribution is -2.49. The summed E-state index contributed by atoms with van der Waals surface area (Å²) in [6, 6.07) is 4.33. The SMILES string of the molecule is CC(C)(C)[C@H](NCc1ccc(Br)c([N+](=O)[O-])c1)C(N)=O. The summed E-state index contributed by atoms with van der Waals surface area (Å²) in [6.07, 6.45) is 0. The lowest BCUT2D eigenvalue weighted by molar-refractivity contribution is -0.385. The van der Waals surface area contributed by atoms with Crippen LogP contribution in [0.2, 0.25) is 0 Å². The Morgan fingerprint density at radius 1 is 1.50 bits per heavy atom. The van der Waals surface area contributed by atoms with Crippen molar-refractivity contribution in [2.45, 2.75) is 33.4 Å². The maximum atomic E-state index is 11.4. The summed E-state index contributed by atoms with van der Waals surface area (Å²) >= 11 is 3.13. The predicted molar refractivity (Wildman–Crippen MR) is 80.1 cm³/mol. The summed E-state index contributed by atoms with van der Waals surface area (Å²) < 4.78 is 0.425. The van der Waals surface area contributed by atoms with Gasteiger partial charge in [0, 0.05) is 12.6 Å². The van der Waals surface area contributed by atoms with Gasteiger partial charge < -0.3 is 11.1 Å². The van der Waals surface area contributed by atoms with E-state index in [0.717, 1.165) is 5.56 Å². The van der Waals surface area contributed by atoms with E-state index in [2.05, 4.69) is 21.2 Å². The topological polar surface area (TPSA) is 98.3 Å². The zero-order valence-corrected chi connectivity index (χ0v) is 13.2. The largest absolute Gasteiger partial charge is 0.368 e. The molecule has 20 heavy (non-hydrogen) atoms. The van der Waals surface area contributed by atoms with Crippen molar-refractivity contribution in [2.75, 3.05) is 0 Å². The first-order valence-electron chi connectivity index (χ1n) is 6.08. The molecule has 1 aromatic rings. The minimum atomic E-state index is -0.509. The third kappa shape index (κ3) is 4.28. The van der Waals surface area contributed by atoms with Gasteiger partial charge in [-0.1, -0.05) is 26.8 Å². The summed E-state index contributed by atoms with van der Waals surface area (Å²) in [6.45, 7) is 6.04. The summed E-state index contributed by atoms with van der Waals surface area (Å²) in [5, 5.41) is 13.9. The second-order valence-electron chi connectivity index (χ2n) is 5.63. The van der Waals surface area contributed by atoms with E-state index in [0.29, 0.717) is 11.0 Å².